The van der Waals surface area contributed by atoms with Crippen molar-refractivity contribution in [2.24, 2.45) is 0 Å². The number of rotatable bonds is 5. The van der Waals surface area contributed by atoms with Gasteiger partial charge in [-0.3, -0.25) is 10.1 Å². The Balaban J connectivity index is 2.65. The fraction of sp³-hybridized carbons (Fsp3) is 0.385. The van der Waals surface area contributed by atoms with Crippen LogP contribution in [0.2, 0.25) is 0 Å². The summed E-state index contributed by atoms with van der Waals surface area (Å²) in [6, 6.07) is 4.85. The van der Waals surface area contributed by atoms with Gasteiger partial charge in [-0.05, 0) is 32.9 Å². The first-order valence-corrected chi connectivity index (χ1v) is 6.08. The molecule has 0 bridgehead atoms. The molecule has 0 amide bonds. The van der Waals surface area contributed by atoms with Crippen LogP contribution in [-0.4, -0.2) is 29.3 Å². The van der Waals surface area contributed by atoms with Crippen LogP contribution in [0.25, 0.3) is 0 Å². The van der Waals surface area contributed by atoms with Gasteiger partial charge in [0.1, 0.15) is 5.75 Å². The second-order valence-electron chi connectivity index (χ2n) is 4.44. The lowest BCUT2D eigenvalue weighted by Gasteiger charge is -2.21. The van der Waals surface area contributed by atoms with Crippen molar-refractivity contribution in [2.75, 3.05) is 6.61 Å². The summed E-state index contributed by atoms with van der Waals surface area (Å²) < 4.78 is 14.4. The van der Waals surface area contributed by atoms with Crippen molar-refractivity contribution in [3.05, 3.63) is 34.4 Å². The average molecular weight is 297 g/mol. The highest BCUT2D eigenvalue weighted by atomic mass is 16.7. The van der Waals surface area contributed by atoms with E-state index >= 15 is 0 Å². The Morgan fingerprint density at radius 3 is 2.29 bits per heavy atom. The monoisotopic (exact) mass is 297 g/mol. The Hall–Kier alpha value is -2.64. The number of nitro benzene ring substituents is 1. The summed E-state index contributed by atoms with van der Waals surface area (Å²) >= 11 is 0. The number of ether oxygens (including phenoxy) is 3. The van der Waals surface area contributed by atoms with Crippen LogP contribution >= 0.6 is 0 Å². The van der Waals surface area contributed by atoms with Gasteiger partial charge in [0, 0.05) is 12.1 Å². The molecule has 0 saturated heterocycles. The van der Waals surface area contributed by atoms with Crippen LogP contribution < -0.4 is 4.74 Å². The normalized spacial score (nSPS) is 10.6. The summed E-state index contributed by atoms with van der Waals surface area (Å²) in [5.41, 5.74) is -1.63. The molecule has 0 aliphatic carbocycles. The number of non-ortho nitro benzene ring substituents is 1. The number of nitro groups is 1. The van der Waals surface area contributed by atoms with Gasteiger partial charge in [-0.1, -0.05) is 0 Å². The third-order valence-corrected chi connectivity index (χ3v) is 2.35. The van der Waals surface area contributed by atoms with Gasteiger partial charge in [-0.2, -0.15) is 0 Å². The Kier molecular flexibility index (Phi) is 5.23. The fourth-order valence-corrected chi connectivity index (χ4v) is 1.31. The van der Waals surface area contributed by atoms with Gasteiger partial charge in [0.15, 0.2) is 0 Å². The van der Waals surface area contributed by atoms with E-state index in [-0.39, 0.29) is 18.0 Å². The smallest absolute Gasteiger partial charge is 0.463 e. The molecule has 114 valence electrons. The van der Waals surface area contributed by atoms with Gasteiger partial charge in [0.2, 0.25) is 5.60 Å². The molecule has 0 unspecified atom stereocenters. The molecule has 0 aromatic heterocycles. The topological polar surface area (TPSA) is 105 Å². The molecular weight excluding hydrogens is 282 g/mol. The summed E-state index contributed by atoms with van der Waals surface area (Å²) in [5, 5.41) is 10.5. The summed E-state index contributed by atoms with van der Waals surface area (Å²) in [4.78, 5) is 33.0. The van der Waals surface area contributed by atoms with Crippen LogP contribution in [0, 0.1) is 10.1 Å². The minimum Gasteiger partial charge on any atom is -0.463 e. The fourth-order valence-electron chi connectivity index (χ4n) is 1.31. The SMILES string of the molecule is CCOC(=O)C(C)(C)OC(=O)Oc1ccc([N+](=O)[O-])cc1. The van der Waals surface area contributed by atoms with E-state index in [1.165, 1.54) is 38.1 Å². The lowest BCUT2D eigenvalue weighted by atomic mass is 10.1. The molecule has 1 aromatic carbocycles. The molecule has 0 aliphatic rings. The van der Waals surface area contributed by atoms with Crippen molar-refractivity contribution >= 4 is 17.8 Å². The zero-order chi connectivity index (χ0) is 16.0. The molecule has 0 aliphatic heterocycles. The zero-order valence-corrected chi connectivity index (χ0v) is 11.8. The van der Waals surface area contributed by atoms with Crippen LogP contribution in [0.5, 0.6) is 5.75 Å². The predicted molar refractivity (Wildman–Crippen MR) is 70.9 cm³/mol. The summed E-state index contributed by atoms with van der Waals surface area (Å²) in [7, 11) is 0. The van der Waals surface area contributed by atoms with Crippen LogP contribution in [-0.2, 0) is 14.3 Å². The van der Waals surface area contributed by atoms with E-state index in [1.807, 2.05) is 0 Å². The highest BCUT2D eigenvalue weighted by Crippen LogP contribution is 2.19. The first-order valence-electron chi connectivity index (χ1n) is 6.08. The Morgan fingerprint density at radius 2 is 1.81 bits per heavy atom. The quantitative estimate of drug-likeness (QED) is 0.355. The van der Waals surface area contributed by atoms with E-state index in [2.05, 4.69) is 0 Å². The van der Waals surface area contributed by atoms with Crippen LogP contribution in [0.15, 0.2) is 24.3 Å². The van der Waals surface area contributed by atoms with Crippen LogP contribution in [0.4, 0.5) is 10.5 Å². The van der Waals surface area contributed by atoms with Gasteiger partial charge in [0.25, 0.3) is 5.69 Å². The third-order valence-electron chi connectivity index (χ3n) is 2.35. The van der Waals surface area contributed by atoms with E-state index in [0.717, 1.165) is 0 Å². The number of benzene rings is 1. The molecule has 0 fully saturated rings. The van der Waals surface area contributed by atoms with E-state index in [4.69, 9.17) is 14.2 Å². The second-order valence-corrected chi connectivity index (χ2v) is 4.44. The Bertz CT molecular complexity index is 536. The number of carbonyl (C=O) groups excluding carboxylic acids is 2. The number of carbonyl (C=O) groups is 2. The number of esters is 1. The molecular formula is C13H15NO7. The van der Waals surface area contributed by atoms with Crippen molar-refractivity contribution in [3.8, 4) is 5.75 Å². The minimum absolute atomic E-state index is 0.0604. The van der Waals surface area contributed by atoms with E-state index in [1.54, 1.807) is 6.92 Å². The van der Waals surface area contributed by atoms with Crippen molar-refractivity contribution in [1.82, 2.24) is 0 Å². The van der Waals surface area contributed by atoms with Crippen LogP contribution in [0.3, 0.4) is 0 Å². The maximum Gasteiger partial charge on any atom is 0.514 e. The van der Waals surface area contributed by atoms with Crippen molar-refractivity contribution in [2.45, 2.75) is 26.4 Å². The van der Waals surface area contributed by atoms with Crippen LogP contribution in [0.1, 0.15) is 20.8 Å². The van der Waals surface area contributed by atoms with Gasteiger partial charge in [-0.15, -0.1) is 0 Å². The molecule has 0 spiro atoms. The molecule has 1 aromatic rings. The molecule has 21 heavy (non-hydrogen) atoms. The van der Waals surface area contributed by atoms with Crippen molar-refractivity contribution in [3.63, 3.8) is 0 Å². The maximum atomic E-state index is 11.6. The van der Waals surface area contributed by atoms with E-state index in [9.17, 15) is 19.7 Å². The van der Waals surface area contributed by atoms with E-state index < -0.39 is 22.6 Å². The van der Waals surface area contributed by atoms with Crippen molar-refractivity contribution < 1.29 is 28.7 Å². The van der Waals surface area contributed by atoms with E-state index in [0.29, 0.717) is 0 Å². The van der Waals surface area contributed by atoms with Crippen molar-refractivity contribution in [1.29, 1.82) is 0 Å². The Labute approximate surface area is 120 Å². The largest absolute Gasteiger partial charge is 0.514 e. The third kappa shape index (κ3) is 4.75. The second kappa shape index (κ2) is 6.69. The standard InChI is InChI=1S/C13H15NO7/c1-4-19-11(15)13(2,3)21-12(16)20-10-7-5-9(6-8-10)14(17)18/h5-8H,4H2,1-3H3. The molecule has 8 heteroatoms. The summed E-state index contributed by atoms with van der Waals surface area (Å²) in [5.74, 6) is -0.643. The van der Waals surface area contributed by atoms with Gasteiger partial charge in [-0.25, -0.2) is 9.59 Å². The van der Waals surface area contributed by atoms with Gasteiger partial charge >= 0.3 is 12.1 Å². The molecule has 0 saturated carbocycles. The highest BCUT2D eigenvalue weighted by molar-refractivity contribution is 5.81. The summed E-state index contributed by atoms with van der Waals surface area (Å²) in [6.45, 7) is 4.51. The maximum absolute atomic E-state index is 11.6. The molecule has 0 atom stereocenters. The first-order chi connectivity index (χ1) is 9.76. The molecule has 1 rings (SSSR count). The lowest BCUT2D eigenvalue weighted by Crippen LogP contribution is -2.39. The highest BCUT2D eigenvalue weighted by Gasteiger charge is 2.34. The zero-order valence-electron chi connectivity index (χ0n) is 11.8. The molecule has 0 heterocycles. The molecule has 0 radical (unpaired) electrons. The van der Waals surface area contributed by atoms with Gasteiger partial charge in [0.05, 0.1) is 11.5 Å². The number of hydrogen-bond acceptors (Lipinski definition) is 7. The molecule has 8 nitrogen and oxygen atoms in total. The first kappa shape index (κ1) is 16.4. The number of hydrogen-bond donors (Lipinski definition) is 0. The summed E-state index contributed by atoms with van der Waals surface area (Å²) in [6.07, 6.45) is -1.11. The lowest BCUT2D eigenvalue weighted by molar-refractivity contribution is -0.384. The van der Waals surface area contributed by atoms with Gasteiger partial charge < -0.3 is 14.2 Å². The molecule has 0 N–H and O–H groups in total. The predicted octanol–water partition coefficient (Wildman–Crippen LogP) is 2.45. The minimum atomic E-state index is -1.49. The Morgan fingerprint density at radius 1 is 1.24 bits per heavy atom. The average Bonchev–Trinajstić information content (AvgIpc) is 2.38. The number of nitrogens with zero attached hydrogens (tertiary/aromatic N) is 1.